The van der Waals surface area contributed by atoms with Crippen molar-refractivity contribution >= 4 is 28.5 Å². The number of fused-ring (bicyclic) bond motifs is 1. The Morgan fingerprint density at radius 1 is 1.17 bits per heavy atom. The second-order valence-electron chi connectivity index (χ2n) is 6.79. The van der Waals surface area contributed by atoms with Gasteiger partial charge in [-0.25, -0.2) is 4.68 Å². The van der Waals surface area contributed by atoms with Gasteiger partial charge in [-0.3, -0.25) is 0 Å². The Bertz CT molecular complexity index is 719. The van der Waals surface area contributed by atoms with Gasteiger partial charge in [0.15, 0.2) is 5.65 Å². The lowest BCUT2D eigenvalue weighted by Gasteiger charge is -2.36. The van der Waals surface area contributed by atoms with Crippen LogP contribution in [0.5, 0.6) is 0 Å². The van der Waals surface area contributed by atoms with Crippen LogP contribution >= 0.6 is 11.6 Å². The van der Waals surface area contributed by atoms with E-state index in [-0.39, 0.29) is 17.5 Å². The number of aromatic nitrogens is 4. The Morgan fingerprint density at radius 2 is 1.88 bits per heavy atom. The maximum atomic E-state index is 6.25. The van der Waals surface area contributed by atoms with Gasteiger partial charge >= 0.3 is 0 Å². The summed E-state index contributed by atoms with van der Waals surface area (Å²) in [5.74, 6) is 0.868. The molecule has 0 unspecified atom stereocenters. The van der Waals surface area contributed by atoms with E-state index in [9.17, 15) is 0 Å². The molecule has 0 radical (unpaired) electrons. The molecule has 2 aromatic rings. The number of nitrogens with zero attached hydrogens (tertiary/aromatic N) is 5. The van der Waals surface area contributed by atoms with E-state index in [1.54, 1.807) is 0 Å². The zero-order valence-electron chi connectivity index (χ0n) is 14.1. The van der Waals surface area contributed by atoms with Gasteiger partial charge in [0.25, 0.3) is 0 Å². The van der Waals surface area contributed by atoms with Crippen molar-refractivity contribution in [2.24, 2.45) is 0 Å². The van der Waals surface area contributed by atoms with Crippen molar-refractivity contribution in [2.45, 2.75) is 44.9 Å². The van der Waals surface area contributed by atoms with E-state index in [0.717, 1.165) is 55.9 Å². The first-order valence-corrected chi connectivity index (χ1v) is 9.01. The zero-order valence-corrected chi connectivity index (χ0v) is 14.8. The summed E-state index contributed by atoms with van der Waals surface area (Å²) in [5, 5.41) is 9.26. The zero-order chi connectivity index (χ0) is 16.7. The van der Waals surface area contributed by atoms with Crippen molar-refractivity contribution in [3.05, 3.63) is 11.5 Å². The Kier molecular flexibility index (Phi) is 4.32. The number of hydrogen-bond donors (Lipinski definition) is 1. The van der Waals surface area contributed by atoms with Gasteiger partial charge in [-0.1, -0.05) is 0 Å². The maximum absolute atomic E-state index is 6.25. The summed E-state index contributed by atoms with van der Waals surface area (Å²) >= 11 is 6.25. The molecule has 24 heavy (non-hydrogen) atoms. The van der Waals surface area contributed by atoms with Crippen LogP contribution in [-0.4, -0.2) is 58.1 Å². The van der Waals surface area contributed by atoms with Crippen LogP contribution in [0.4, 0.5) is 5.82 Å². The topological polar surface area (TPSA) is 68.1 Å². The lowest BCUT2D eigenvalue weighted by Crippen LogP contribution is -2.46. The number of morpholine rings is 1. The summed E-state index contributed by atoms with van der Waals surface area (Å²) in [6.07, 6.45) is 4.32. The fourth-order valence-corrected chi connectivity index (χ4v) is 3.96. The smallest absolute Gasteiger partial charge is 0.226 e. The fourth-order valence-electron chi connectivity index (χ4n) is 3.80. The molecule has 0 spiro atoms. The minimum atomic E-state index is 0.164. The van der Waals surface area contributed by atoms with Crippen molar-refractivity contribution in [3.8, 4) is 0 Å². The van der Waals surface area contributed by atoms with Gasteiger partial charge in [-0.05, 0) is 51.4 Å². The molecule has 2 saturated heterocycles. The van der Waals surface area contributed by atoms with E-state index in [0.29, 0.717) is 6.04 Å². The van der Waals surface area contributed by atoms with Gasteiger partial charge in [0.2, 0.25) is 5.28 Å². The first-order chi connectivity index (χ1) is 11.6. The number of rotatable bonds is 2. The summed E-state index contributed by atoms with van der Waals surface area (Å²) in [6, 6.07) is 0.366. The van der Waals surface area contributed by atoms with Gasteiger partial charge in [0.05, 0.1) is 29.8 Å². The van der Waals surface area contributed by atoms with Gasteiger partial charge in [-0.15, -0.1) is 0 Å². The van der Waals surface area contributed by atoms with E-state index in [2.05, 4.69) is 39.1 Å². The molecule has 0 amide bonds. The molecule has 2 fully saturated rings. The van der Waals surface area contributed by atoms with Crippen LogP contribution < -0.4 is 10.2 Å². The SMILES string of the molecule is C[C@@H]1CN(c2nc(Cl)nc3c2cnn3C2CCNCC2)C[C@H](C)O1. The van der Waals surface area contributed by atoms with Crippen LogP contribution in [0.15, 0.2) is 6.20 Å². The molecule has 2 atom stereocenters. The third-order valence-electron chi connectivity index (χ3n) is 4.78. The molecule has 8 heteroatoms. The standard InChI is InChI=1S/C16H23ClN6O/c1-10-8-22(9-11(2)24-10)14-13-7-19-23(12-3-5-18-6-4-12)15(13)21-16(17)20-14/h7,10-12,18H,3-6,8-9H2,1-2H3/t10-,11+. The van der Waals surface area contributed by atoms with E-state index in [1.807, 2.05) is 10.9 Å². The van der Waals surface area contributed by atoms with Crippen molar-refractivity contribution in [2.75, 3.05) is 31.1 Å². The molecule has 4 rings (SSSR count). The van der Waals surface area contributed by atoms with Crippen LogP contribution in [0.3, 0.4) is 0 Å². The third kappa shape index (κ3) is 2.96. The normalized spacial score (nSPS) is 26.2. The van der Waals surface area contributed by atoms with Crippen molar-refractivity contribution in [3.63, 3.8) is 0 Å². The molecular formula is C16H23ClN6O. The number of nitrogens with one attached hydrogen (secondary N) is 1. The minimum Gasteiger partial charge on any atom is -0.372 e. The van der Waals surface area contributed by atoms with Crippen molar-refractivity contribution < 1.29 is 4.74 Å². The van der Waals surface area contributed by atoms with E-state index < -0.39 is 0 Å². The molecule has 0 aliphatic carbocycles. The highest BCUT2D eigenvalue weighted by Gasteiger charge is 2.27. The second-order valence-corrected chi connectivity index (χ2v) is 7.12. The minimum absolute atomic E-state index is 0.164. The predicted molar refractivity (Wildman–Crippen MR) is 93.7 cm³/mol. The molecule has 1 N–H and O–H groups in total. The Morgan fingerprint density at radius 3 is 2.58 bits per heavy atom. The quantitative estimate of drug-likeness (QED) is 0.836. The molecule has 2 aromatic heterocycles. The predicted octanol–water partition coefficient (Wildman–Crippen LogP) is 2.02. The first kappa shape index (κ1) is 16.1. The number of hydrogen-bond acceptors (Lipinski definition) is 6. The molecule has 4 heterocycles. The van der Waals surface area contributed by atoms with Crippen LogP contribution in [0.25, 0.3) is 11.0 Å². The first-order valence-electron chi connectivity index (χ1n) is 8.63. The lowest BCUT2D eigenvalue weighted by molar-refractivity contribution is -0.00537. The fraction of sp³-hybridized carbons (Fsp3) is 0.688. The van der Waals surface area contributed by atoms with Crippen molar-refractivity contribution in [1.82, 2.24) is 25.1 Å². The van der Waals surface area contributed by atoms with E-state index in [4.69, 9.17) is 16.3 Å². The summed E-state index contributed by atoms with van der Waals surface area (Å²) in [7, 11) is 0. The molecule has 2 aliphatic heterocycles. The van der Waals surface area contributed by atoms with Gasteiger partial charge in [-0.2, -0.15) is 15.1 Å². The van der Waals surface area contributed by atoms with Crippen LogP contribution in [0, 0.1) is 0 Å². The monoisotopic (exact) mass is 350 g/mol. The summed E-state index contributed by atoms with van der Waals surface area (Å²) < 4.78 is 7.86. The van der Waals surface area contributed by atoms with Crippen molar-refractivity contribution in [1.29, 1.82) is 0 Å². The van der Waals surface area contributed by atoms with Gasteiger partial charge < -0.3 is 15.0 Å². The van der Waals surface area contributed by atoms with E-state index >= 15 is 0 Å². The summed E-state index contributed by atoms with van der Waals surface area (Å²) in [6.45, 7) is 7.78. The Hall–Kier alpha value is -1.44. The van der Waals surface area contributed by atoms with Gasteiger partial charge in [0, 0.05) is 13.1 Å². The van der Waals surface area contributed by atoms with Gasteiger partial charge in [0.1, 0.15) is 5.82 Å². The molecule has 7 nitrogen and oxygen atoms in total. The Labute approximate surface area is 146 Å². The molecule has 2 aliphatic rings. The molecule has 0 aromatic carbocycles. The number of piperidine rings is 1. The molecule has 130 valence electrons. The number of anilines is 1. The average Bonchev–Trinajstić information content (AvgIpc) is 2.97. The highest BCUT2D eigenvalue weighted by atomic mass is 35.5. The second kappa shape index (κ2) is 6.46. The largest absolute Gasteiger partial charge is 0.372 e. The molecular weight excluding hydrogens is 328 g/mol. The lowest BCUT2D eigenvalue weighted by atomic mass is 10.1. The van der Waals surface area contributed by atoms with Crippen LogP contribution in [0.2, 0.25) is 5.28 Å². The maximum Gasteiger partial charge on any atom is 0.226 e. The highest BCUT2D eigenvalue weighted by molar-refractivity contribution is 6.28. The third-order valence-corrected chi connectivity index (χ3v) is 4.95. The molecule has 0 saturated carbocycles. The Balaban J connectivity index is 1.75. The summed E-state index contributed by atoms with van der Waals surface area (Å²) in [5.41, 5.74) is 0.837. The van der Waals surface area contributed by atoms with Crippen LogP contribution in [-0.2, 0) is 4.74 Å². The molecule has 0 bridgehead atoms. The number of halogens is 1. The summed E-state index contributed by atoms with van der Waals surface area (Å²) in [4.78, 5) is 11.2. The number of ether oxygens (including phenoxy) is 1. The van der Waals surface area contributed by atoms with E-state index in [1.165, 1.54) is 0 Å². The average molecular weight is 351 g/mol. The highest BCUT2D eigenvalue weighted by Crippen LogP contribution is 2.30. The van der Waals surface area contributed by atoms with Crippen LogP contribution in [0.1, 0.15) is 32.7 Å².